The van der Waals surface area contributed by atoms with Crippen molar-refractivity contribution in [2.24, 2.45) is 0 Å². The van der Waals surface area contributed by atoms with E-state index in [-0.39, 0.29) is 0 Å². The lowest BCUT2D eigenvalue weighted by Gasteiger charge is -2.16. The highest BCUT2D eigenvalue weighted by molar-refractivity contribution is 6.44. The number of nitrogens with two attached hydrogens (primary N) is 1. The van der Waals surface area contributed by atoms with E-state index in [0.717, 1.165) is 29.8 Å². The summed E-state index contributed by atoms with van der Waals surface area (Å²) < 4.78 is 0. The first-order valence-corrected chi connectivity index (χ1v) is 6.97. The topological polar surface area (TPSA) is 38.0 Å². The third-order valence-corrected chi connectivity index (χ3v) is 3.68. The van der Waals surface area contributed by atoms with Gasteiger partial charge in [0.25, 0.3) is 0 Å². The van der Waals surface area contributed by atoms with Gasteiger partial charge in [0.05, 0.1) is 21.4 Å². The molecule has 2 aromatic rings. The van der Waals surface area contributed by atoms with E-state index in [0.29, 0.717) is 15.7 Å². The molecule has 2 aromatic carbocycles. The predicted octanol–water partition coefficient (Wildman–Crippen LogP) is 5.06. The van der Waals surface area contributed by atoms with Gasteiger partial charge in [-0.2, -0.15) is 0 Å². The second-order valence-corrected chi connectivity index (χ2v) is 5.09. The zero-order chi connectivity index (χ0) is 13.8. The van der Waals surface area contributed by atoms with Crippen molar-refractivity contribution in [3.63, 3.8) is 0 Å². The van der Waals surface area contributed by atoms with Gasteiger partial charge in [-0.1, -0.05) is 60.5 Å². The average Bonchev–Trinajstić information content (AvgIpc) is 2.43. The molecule has 0 atom stereocenters. The smallest absolute Gasteiger partial charge is 0.0692 e. The zero-order valence-electron chi connectivity index (χ0n) is 10.7. The molecule has 0 unspecified atom stereocenters. The SMILES string of the molecule is CCCNc1cc(Cl)c(Cl)c(-c2ccccc2)c1N. The number of hydrogen-bond donors (Lipinski definition) is 2. The number of benzene rings is 2. The summed E-state index contributed by atoms with van der Waals surface area (Å²) in [6.45, 7) is 2.94. The maximum absolute atomic E-state index is 6.30. The molecule has 0 spiro atoms. The molecule has 0 fully saturated rings. The Labute approximate surface area is 123 Å². The summed E-state index contributed by atoms with van der Waals surface area (Å²) in [5, 5.41) is 4.27. The van der Waals surface area contributed by atoms with Gasteiger partial charge < -0.3 is 11.1 Å². The van der Waals surface area contributed by atoms with E-state index in [2.05, 4.69) is 12.2 Å². The van der Waals surface area contributed by atoms with Crippen LogP contribution in [0.15, 0.2) is 36.4 Å². The van der Waals surface area contributed by atoms with E-state index in [4.69, 9.17) is 28.9 Å². The maximum Gasteiger partial charge on any atom is 0.0692 e. The van der Waals surface area contributed by atoms with Gasteiger partial charge in [0.1, 0.15) is 0 Å². The van der Waals surface area contributed by atoms with Gasteiger partial charge in [-0.15, -0.1) is 0 Å². The molecule has 2 nitrogen and oxygen atoms in total. The van der Waals surface area contributed by atoms with Crippen molar-refractivity contribution >= 4 is 34.6 Å². The molecule has 0 amide bonds. The third kappa shape index (κ3) is 2.96. The fourth-order valence-electron chi connectivity index (χ4n) is 1.93. The molecule has 0 heterocycles. The van der Waals surface area contributed by atoms with Crippen LogP contribution in [0, 0.1) is 0 Å². The Morgan fingerprint density at radius 2 is 1.84 bits per heavy atom. The van der Waals surface area contributed by atoms with Gasteiger partial charge in [0.2, 0.25) is 0 Å². The Bertz CT molecular complexity index is 568. The minimum absolute atomic E-state index is 0.493. The molecule has 4 heteroatoms. The fourth-order valence-corrected chi connectivity index (χ4v) is 2.40. The molecule has 100 valence electrons. The Kier molecular flexibility index (Phi) is 4.56. The van der Waals surface area contributed by atoms with Gasteiger partial charge in [-0.05, 0) is 18.1 Å². The van der Waals surface area contributed by atoms with Crippen LogP contribution in [0.25, 0.3) is 11.1 Å². The van der Waals surface area contributed by atoms with E-state index in [1.807, 2.05) is 30.3 Å². The number of halogens is 2. The minimum Gasteiger partial charge on any atom is -0.397 e. The molecule has 0 aliphatic rings. The van der Waals surface area contributed by atoms with Gasteiger partial charge in [0, 0.05) is 12.1 Å². The molecular weight excluding hydrogens is 279 g/mol. The molecule has 0 radical (unpaired) electrons. The van der Waals surface area contributed by atoms with Crippen LogP contribution < -0.4 is 11.1 Å². The van der Waals surface area contributed by atoms with Gasteiger partial charge in [-0.25, -0.2) is 0 Å². The van der Waals surface area contributed by atoms with Crippen LogP contribution in [-0.4, -0.2) is 6.54 Å². The summed E-state index contributed by atoms with van der Waals surface area (Å²) in [5.41, 5.74) is 9.43. The molecule has 0 saturated heterocycles. The van der Waals surface area contributed by atoms with Gasteiger partial charge in [-0.3, -0.25) is 0 Å². The quantitative estimate of drug-likeness (QED) is 0.773. The molecule has 0 aliphatic carbocycles. The number of anilines is 2. The standard InChI is InChI=1S/C15H16Cl2N2/c1-2-8-19-12-9-11(16)14(17)13(15(12)18)10-6-4-3-5-7-10/h3-7,9,19H,2,8,18H2,1H3. The van der Waals surface area contributed by atoms with Crippen molar-refractivity contribution in [2.75, 3.05) is 17.6 Å². The summed E-state index contributed by atoms with van der Waals surface area (Å²) in [6, 6.07) is 11.6. The zero-order valence-corrected chi connectivity index (χ0v) is 12.2. The van der Waals surface area contributed by atoms with E-state index in [9.17, 15) is 0 Å². The maximum atomic E-state index is 6.30. The number of rotatable bonds is 4. The van der Waals surface area contributed by atoms with Gasteiger partial charge in [0.15, 0.2) is 0 Å². The summed E-state index contributed by atoms with van der Waals surface area (Å²) in [4.78, 5) is 0. The molecule has 0 bridgehead atoms. The largest absolute Gasteiger partial charge is 0.397 e. The molecular formula is C15H16Cl2N2. The number of hydrogen-bond acceptors (Lipinski definition) is 2. The van der Waals surface area contributed by atoms with E-state index >= 15 is 0 Å². The van der Waals surface area contributed by atoms with Crippen molar-refractivity contribution in [3.05, 3.63) is 46.4 Å². The first-order chi connectivity index (χ1) is 9.15. The van der Waals surface area contributed by atoms with Crippen molar-refractivity contribution in [1.82, 2.24) is 0 Å². The normalized spacial score (nSPS) is 10.5. The highest BCUT2D eigenvalue weighted by Crippen LogP contribution is 2.42. The second kappa shape index (κ2) is 6.18. The van der Waals surface area contributed by atoms with Crippen LogP contribution in [-0.2, 0) is 0 Å². The van der Waals surface area contributed by atoms with Crippen molar-refractivity contribution < 1.29 is 0 Å². The summed E-state index contributed by atoms with van der Waals surface area (Å²) in [6.07, 6.45) is 1.01. The summed E-state index contributed by atoms with van der Waals surface area (Å²) in [5.74, 6) is 0. The number of nitrogen functional groups attached to an aromatic ring is 1. The van der Waals surface area contributed by atoms with Crippen LogP contribution in [0.1, 0.15) is 13.3 Å². The molecule has 0 aliphatic heterocycles. The lowest BCUT2D eigenvalue weighted by atomic mass is 10.0. The van der Waals surface area contributed by atoms with Crippen molar-refractivity contribution in [1.29, 1.82) is 0 Å². The van der Waals surface area contributed by atoms with Crippen LogP contribution in [0.3, 0.4) is 0 Å². The second-order valence-electron chi connectivity index (χ2n) is 4.30. The van der Waals surface area contributed by atoms with Crippen LogP contribution in [0.2, 0.25) is 10.0 Å². The number of nitrogens with one attached hydrogen (secondary N) is 1. The first-order valence-electron chi connectivity index (χ1n) is 6.22. The Hall–Kier alpha value is -1.38. The third-order valence-electron chi connectivity index (χ3n) is 2.89. The average molecular weight is 295 g/mol. The van der Waals surface area contributed by atoms with Crippen LogP contribution >= 0.6 is 23.2 Å². The van der Waals surface area contributed by atoms with E-state index in [1.165, 1.54) is 0 Å². The Morgan fingerprint density at radius 3 is 2.47 bits per heavy atom. The molecule has 0 aromatic heterocycles. The van der Waals surface area contributed by atoms with Crippen LogP contribution in [0.4, 0.5) is 11.4 Å². The molecule has 2 rings (SSSR count). The lowest BCUT2D eigenvalue weighted by molar-refractivity contribution is 0.980. The van der Waals surface area contributed by atoms with Crippen LogP contribution in [0.5, 0.6) is 0 Å². The molecule has 3 N–H and O–H groups in total. The predicted molar refractivity (Wildman–Crippen MR) is 85.1 cm³/mol. The van der Waals surface area contributed by atoms with E-state index < -0.39 is 0 Å². The highest BCUT2D eigenvalue weighted by atomic mass is 35.5. The molecule has 19 heavy (non-hydrogen) atoms. The fraction of sp³-hybridized carbons (Fsp3) is 0.200. The van der Waals surface area contributed by atoms with Crippen molar-refractivity contribution in [3.8, 4) is 11.1 Å². The first kappa shape index (κ1) is 14.0. The van der Waals surface area contributed by atoms with E-state index in [1.54, 1.807) is 6.07 Å². The Balaban J connectivity index is 2.56. The minimum atomic E-state index is 0.493. The molecule has 0 saturated carbocycles. The lowest BCUT2D eigenvalue weighted by Crippen LogP contribution is -2.04. The summed E-state index contributed by atoms with van der Waals surface area (Å²) in [7, 11) is 0. The summed E-state index contributed by atoms with van der Waals surface area (Å²) >= 11 is 12.5. The Morgan fingerprint density at radius 1 is 1.16 bits per heavy atom. The van der Waals surface area contributed by atoms with Crippen molar-refractivity contribution in [2.45, 2.75) is 13.3 Å². The monoisotopic (exact) mass is 294 g/mol. The highest BCUT2D eigenvalue weighted by Gasteiger charge is 2.15. The van der Waals surface area contributed by atoms with Gasteiger partial charge >= 0.3 is 0 Å².